The molecule has 0 aliphatic heterocycles. The Morgan fingerprint density at radius 3 is 2.78 bits per heavy atom. The van der Waals surface area contributed by atoms with Gasteiger partial charge < -0.3 is 5.32 Å². The summed E-state index contributed by atoms with van der Waals surface area (Å²) in [6.45, 7) is 1.83. The van der Waals surface area contributed by atoms with Crippen LogP contribution in [-0.4, -0.2) is 10.9 Å². The van der Waals surface area contributed by atoms with E-state index in [1.165, 1.54) is 6.20 Å². The Hall–Kier alpha value is -1.14. The fourth-order valence-electron chi connectivity index (χ4n) is 1.45. The number of carbonyl (C=O) groups excluding carboxylic acids is 1. The largest absolute Gasteiger partial charge is 0.321 e. The number of benzene rings is 1. The first kappa shape index (κ1) is 13.3. The highest BCUT2D eigenvalue weighted by molar-refractivity contribution is 14.1. The molecule has 0 radical (unpaired) electrons. The number of nitrogens with zero attached hydrogens (tertiary/aromatic N) is 1. The van der Waals surface area contributed by atoms with E-state index in [0.29, 0.717) is 10.6 Å². The number of hydrogen-bond acceptors (Lipinski definition) is 2. The fraction of sp³-hybridized carbons (Fsp3) is 0.0769. The van der Waals surface area contributed by atoms with Gasteiger partial charge in [-0.3, -0.25) is 9.78 Å². The van der Waals surface area contributed by atoms with E-state index < -0.39 is 0 Å². The molecular formula is C13H10ClIN2O. The third-order valence-corrected chi connectivity index (χ3v) is 3.61. The molecule has 92 valence electrons. The third-order valence-electron chi connectivity index (χ3n) is 2.36. The summed E-state index contributed by atoms with van der Waals surface area (Å²) in [5.41, 5.74) is 1.92. The normalized spacial score (nSPS) is 10.2. The minimum Gasteiger partial charge on any atom is -0.321 e. The quantitative estimate of drug-likeness (QED) is 0.813. The highest BCUT2D eigenvalue weighted by atomic mass is 127. The molecule has 0 saturated heterocycles. The molecule has 1 heterocycles. The van der Waals surface area contributed by atoms with Gasteiger partial charge in [0.1, 0.15) is 0 Å². The lowest BCUT2D eigenvalue weighted by Crippen LogP contribution is -2.13. The molecule has 2 aromatic rings. The molecule has 0 saturated carbocycles. The van der Waals surface area contributed by atoms with E-state index >= 15 is 0 Å². The van der Waals surface area contributed by atoms with Crippen molar-refractivity contribution in [2.45, 2.75) is 6.92 Å². The average Bonchev–Trinajstić information content (AvgIpc) is 2.32. The van der Waals surface area contributed by atoms with E-state index in [9.17, 15) is 4.79 Å². The number of amides is 1. The number of rotatable bonds is 2. The SMILES string of the molecule is Cc1cc(Cl)c(C(=O)Nc2ccccc2I)cn1. The van der Waals surface area contributed by atoms with Gasteiger partial charge in [-0.2, -0.15) is 0 Å². The summed E-state index contributed by atoms with van der Waals surface area (Å²) < 4.78 is 0.972. The molecule has 0 aliphatic rings. The predicted octanol–water partition coefficient (Wildman–Crippen LogP) is 3.90. The third kappa shape index (κ3) is 3.00. The topological polar surface area (TPSA) is 42.0 Å². The van der Waals surface area contributed by atoms with Crippen LogP contribution in [0.5, 0.6) is 0 Å². The molecule has 0 fully saturated rings. The monoisotopic (exact) mass is 372 g/mol. The summed E-state index contributed by atoms with van der Waals surface area (Å²) in [4.78, 5) is 16.1. The molecule has 1 aromatic heterocycles. The van der Waals surface area contributed by atoms with Gasteiger partial charge in [0.25, 0.3) is 5.91 Å². The van der Waals surface area contributed by atoms with Gasteiger partial charge in [-0.05, 0) is 47.7 Å². The molecule has 1 amide bonds. The lowest BCUT2D eigenvalue weighted by molar-refractivity contribution is 0.102. The van der Waals surface area contributed by atoms with Crippen LogP contribution in [0.2, 0.25) is 5.02 Å². The Bertz CT molecular complexity index is 601. The molecule has 2 rings (SSSR count). The summed E-state index contributed by atoms with van der Waals surface area (Å²) in [6.07, 6.45) is 1.49. The van der Waals surface area contributed by atoms with Crippen LogP contribution in [0.15, 0.2) is 36.5 Å². The summed E-state index contributed by atoms with van der Waals surface area (Å²) in [5.74, 6) is -0.253. The van der Waals surface area contributed by atoms with Crippen molar-refractivity contribution in [3.63, 3.8) is 0 Å². The van der Waals surface area contributed by atoms with Crippen LogP contribution in [0.25, 0.3) is 0 Å². The summed E-state index contributed by atoms with van der Waals surface area (Å²) in [7, 11) is 0. The smallest absolute Gasteiger partial charge is 0.258 e. The van der Waals surface area contributed by atoms with E-state index in [0.717, 1.165) is 15.0 Å². The van der Waals surface area contributed by atoms with Crippen molar-refractivity contribution < 1.29 is 4.79 Å². The van der Waals surface area contributed by atoms with Gasteiger partial charge in [0, 0.05) is 15.5 Å². The van der Waals surface area contributed by atoms with Crippen molar-refractivity contribution in [1.82, 2.24) is 4.98 Å². The molecular weight excluding hydrogens is 363 g/mol. The first-order chi connectivity index (χ1) is 8.58. The number of aryl methyl sites for hydroxylation is 1. The molecule has 0 spiro atoms. The molecule has 1 N–H and O–H groups in total. The minimum absolute atomic E-state index is 0.253. The van der Waals surface area contributed by atoms with E-state index in [2.05, 4.69) is 32.9 Å². The molecule has 18 heavy (non-hydrogen) atoms. The zero-order valence-electron chi connectivity index (χ0n) is 9.58. The number of para-hydroxylation sites is 1. The highest BCUT2D eigenvalue weighted by Crippen LogP contribution is 2.20. The summed E-state index contributed by atoms with van der Waals surface area (Å²) in [6, 6.07) is 9.22. The second kappa shape index (κ2) is 5.67. The molecule has 0 aliphatic carbocycles. The van der Waals surface area contributed by atoms with Crippen LogP contribution in [-0.2, 0) is 0 Å². The fourth-order valence-corrected chi connectivity index (χ4v) is 2.26. The zero-order valence-corrected chi connectivity index (χ0v) is 12.5. The molecule has 0 bridgehead atoms. The van der Waals surface area contributed by atoms with Crippen molar-refractivity contribution in [1.29, 1.82) is 0 Å². The van der Waals surface area contributed by atoms with Gasteiger partial charge in [0.05, 0.1) is 16.3 Å². The number of halogens is 2. The summed E-state index contributed by atoms with van der Waals surface area (Å²) >= 11 is 8.19. The van der Waals surface area contributed by atoms with Crippen molar-refractivity contribution in [2.24, 2.45) is 0 Å². The first-order valence-corrected chi connectivity index (χ1v) is 6.71. The highest BCUT2D eigenvalue weighted by Gasteiger charge is 2.12. The summed E-state index contributed by atoms with van der Waals surface area (Å²) in [5, 5.41) is 3.22. The minimum atomic E-state index is -0.253. The molecule has 5 heteroatoms. The maximum absolute atomic E-state index is 12.1. The van der Waals surface area contributed by atoms with Gasteiger partial charge in [-0.15, -0.1) is 0 Å². The number of aromatic nitrogens is 1. The molecule has 0 unspecified atom stereocenters. The van der Waals surface area contributed by atoms with Crippen LogP contribution in [0.3, 0.4) is 0 Å². The Kier molecular flexibility index (Phi) is 4.19. The number of hydrogen-bond donors (Lipinski definition) is 1. The van der Waals surface area contributed by atoms with Crippen LogP contribution in [0, 0.1) is 10.5 Å². The van der Waals surface area contributed by atoms with Gasteiger partial charge in [0.2, 0.25) is 0 Å². The molecule has 1 aromatic carbocycles. The van der Waals surface area contributed by atoms with E-state index in [-0.39, 0.29) is 5.91 Å². The van der Waals surface area contributed by atoms with Gasteiger partial charge >= 0.3 is 0 Å². The Balaban J connectivity index is 2.25. The van der Waals surface area contributed by atoms with Crippen LogP contribution in [0.4, 0.5) is 5.69 Å². The Labute approximate surface area is 124 Å². The molecule has 0 atom stereocenters. The Morgan fingerprint density at radius 1 is 1.39 bits per heavy atom. The van der Waals surface area contributed by atoms with Crippen LogP contribution >= 0.6 is 34.2 Å². The lowest BCUT2D eigenvalue weighted by atomic mass is 10.2. The van der Waals surface area contributed by atoms with Crippen molar-refractivity contribution in [2.75, 3.05) is 5.32 Å². The first-order valence-electron chi connectivity index (χ1n) is 5.26. The average molecular weight is 373 g/mol. The van der Waals surface area contributed by atoms with Gasteiger partial charge in [0.15, 0.2) is 0 Å². The standard InChI is InChI=1S/C13H10ClIN2O/c1-8-6-10(14)9(7-16-8)13(18)17-12-5-3-2-4-11(12)15/h2-7H,1H3,(H,17,18). The zero-order chi connectivity index (χ0) is 13.1. The number of nitrogens with one attached hydrogen (secondary N) is 1. The van der Waals surface area contributed by atoms with Gasteiger partial charge in [-0.1, -0.05) is 23.7 Å². The maximum atomic E-state index is 12.1. The van der Waals surface area contributed by atoms with Crippen LogP contribution in [0.1, 0.15) is 16.1 Å². The van der Waals surface area contributed by atoms with E-state index in [1.807, 2.05) is 31.2 Å². The second-order valence-electron chi connectivity index (χ2n) is 3.74. The molecule has 3 nitrogen and oxygen atoms in total. The number of anilines is 1. The predicted molar refractivity (Wildman–Crippen MR) is 81.1 cm³/mol. The second-order valence-corrected chi connectivity index (χ2v) is 5.31. The number of carbonyl (C=O) groups is 1. The van der Waals surface area contributed by atoms with Crippen LogP contribution < -0.4 is 5.32 Å². The van der Waals surface area contributed by atoms with Crippen molar-refractivity contribution >= 4 is 45.8 Å². The Morgan fingerprint density at radius 2 is 2.11 bits per heavy atom. The van der Waals surface area contributed by atoms with Crippen molar-refractivity contribution in [3.8, 4) is 0 Å². The van der Waals surface area contributed by atoms with Crippen molar-refractivity contribution in [3.05, 3.63) is 56.4 Å². The maximum Gasteiger partial charge on any atom is 0.258 e. The van der Waals surface area contributed by atoms with E-state index in [4.69, 9.17) is 11.6 Å². The lowest BCUT2D eigenvalue weighted by Gasteiger charge is -2.08. The van der Waals surface area contributed by atoms with Gasteiger partial charge in [-0.25, -0.2) is 0 Å². The van der Waals surface area contributed by atoms with E-state index in [1.54, 1.807) is 6.07 Å². The number of pyridine rings is 1.